The molecule has 1 aromatic carbocycles. The van der Waals surface area contributed by atoms with E-state index in [0.29, 0.717) is 5.92 Å². The molecule has 0 amide bonds. The van der Waals surface area contributed by atoms with E-state index in [4.69, 9.17) is 10.2 Å². The summed E-state index contributed by atoms with van der Waals surface area (Å²) in [5.74, 6) is 0.499. The molecule has 1 unspecified atom stereocenters. The van der Waals surface area contributed by atoms with Crippen molar-refractivity contribution in [1.82, 2.24) is 0 Å². The average Bonchev–Trinajstić information content (AvgIpc) is 2.62. The normalized spacial score (nSPS) is 13.6. The van der Waals surface area contributed by atoms with E-state index in [9.17, 15) is 0 Å². The molecule has 2 nitrogen and oxygen atoms in total. The van der Waals surface area contributed by atoms with E-state index < -0.39 is 0 Å². The van der Waals surface area contributed by atoms with Crippen LogP contribution in [0.25, 0.3) is 11.0 Å². The van der Waals surface area contributed by atoms with Crippen molar-refractivity contribution >= 4 is 11.0 Å². The number of rotatable bonds is 3. The highest BCUT2D eigenvalue weighted by molar-refractivity contribution is 5.80. The zero-order valence-corrected chi connectivity index (χ0v) is 9.23. The van der Waals surface area contributed by atoms with E-state index in [1.807, 2.05) is 24.5 Å². The number of hydrogen-bond donors (Lipinski definition) is 1. The summed E-state index contributed by atoms with van der Waals surface area (Å²) in [6.07, 6.45) is 2.71. The van der Waals surface area contributed by atoms with Gasteiger partial charge in [-0.05, 0) is 24.0 Å². The molecule has 15 heavy (non-hydrogen) atoms. The minimum atomic E-state index is 0.200. The molecule has 80 valence electrons. The second kappa shape index (κ2) is 4.07. The molecule has 0 saturated carbocycles. The van der Waals surface area contributed by atoms with Crippen LogP contribution < -0.4 is 5.73 Å². The van der Waals surface area contributed by atoms with Gasteiger partial charge in [-0.25, -0.2) is 0 Å². The van der Waals surface area contributed by atoms with Gasteiger partial charge in [-0.1, -0.05) is 32.0 Å². The van der Waals surface area contributed by atoms with Gasteiger partial charge in [0.05, 0.1) is 6.26 Å². The predicted octanol–water partition coefficient (Wildman–Crippen LogP) is 2.96. The van der Waals surface area contributed by atoms with Crippen LogP contribution in [0, 0.1) is 5.92 Å². The third-order valence-electron chi connectivity index (χ3n) is 2.87. The number of para-hydroxylation sites is 1. The molecule has 2 aromatic rings. The molecule has 2 N–H and O–H groups in total. The number of furan rings is 1. The molecule has 0 spiro atoms. The largest absolute Gasteiger partial charge is 0.464 e. The molecule has 2 rings (SSSR count). The summed E-state index contributed by atoms with van der Waals surface area (Å²) in [5, 5.41) is 1.19. The first-order chi connectivity index (χ1) is 7.18. The molecule has 0 bridgehead atoms. The molecule has 0 saturated heterocycles. The molecule has 0 aliphatic rings. The van der Waals surface area contributed by atoms with Gasteiger partial charge in [0.2, 0.25) is 0 Å². The first kappa shape index (κ1) is 10.2. The Hall–Kier alpha value is -1.28. The van der Waals surface area contributed by atoms with E-state index in [2.05, 4.69) is 19.9 Å². The highest BCUT2D eigenvalue weighted by Crippen LogP contribution is 2.22. The highest BCUT2D eigenvalue weighted by Gasteiger charge is 2.12. The lowest BCUT2D eigenvalue weighted by Crippen LogP contribution is -2.28. The van der Waals surface area contributed by atoms with E-state index in [1.165, 1.54) is 10.9 Å². The summed E-state index contributed by atoms with van der Waals surface area (Å²) < 4.78 is 5.47. The van der Waals surface area contributed by atoms with Crippen LogP contribution in [-0.4, -0.2) is 6.04 Å². The van der Waals surface area contributed by atoms with Crippen molar-refractivity contribution in [1.29, 1.82) is 0 Å². The van der Waals surface area contributed by atoms with Gasteiger partial charge in [0.1, 0.15) is 5.58 Å². The maximum atomic E-state index is 6.06. The van der Waals surface area contributed by atoms with Gasteiger partial charge >= 0.3 is 0 Å². The molecule has 0 aliphatic heterocycles. The summed E-state index contributed by atoms with van der Waals surface area (Å²) in [5.41, 5.74) is 8.22. The summed E-state index contributed by atoms with van der Waals surface area (Å²) in [6, 6.07) is 8.28. The van der Waals surface area contributed by atoms with Gasteiger partial charge in [0, 0.05) is 11.4 Å². The molecule has 2 heteroatoms. The van der Waals surface area contributed by atoms with Gasteiger partial charge < -0.3 is 10.2 Å². The Balaban J connectivity index is 2.29. The first-order valence-corrected chi connectivity index (χ1v) is 5.39. The monoisotopic (exact) mass is 203 g/mol. The lowest BCUT2D eigenvalue weighted by molar-refractivity contribution is 0.488. The molecule has 1 aromatic heterocycles. The summed E-state index contributed by atoms with van der Waals surface area (Å²) >= 11 is 0. The molecule has 0 fully saturated rings. The highest BCUT2D eigenvalue weighted by atomic mass is 16.3. The molecule has 1 atom stereocenters. The van der Waals surface area contributed by atoms with Crippen LogP contribution in [0.3, 0.4) is 0 Å². The standard InChI is InChI=1S/C13H17NO/c1-9(2)12(14)7-10-8-15-13-6-4-3-5-11(10)13/h3-6,8-9,12H,7,14H2,1-2H3. The zero-order chi connectivity index (χ0) is 10.8. The number of nitrogens with two attached hydrogens (primary N) is 1. The first-order valence-electron chi connectivity index (χ1n) is 5.39. The fourth-order valence-corrected chi connectivity index (χ4v) is 1.68. The summed E-state index contributed by atoms with van der Waals surface area (Å²) in [7, 11) is 0. The minimum absolute atomic E-state index is 0.200. The van der Waals surface area contributed by atoms with Crippen LogP contribution in [0.1, 0.15) is 19.4 Å². The Bertz CT molecular complexity index is 444. The quantitative estimate of drug-likeness (QED) is 0.833. The third kappa shape index (κ3) is 2.05. The van der Waals surface area contributed by atoms with Gasteiger partial charge in [-0.15, -0.1) is 0 Å². The third-order valence-corrected chi connectivity index (χ3v) is 2.87. The summed E-state index contributed by atoms with van der Waals surface area (Å²) in [4.78, 5) is 0. The van der Waals surface area contributed by atoms with Crippen LogP contribution in [0.2, 0.25) is 0 Å². The van der Waals surface area contributed by atoms with Crippen LogP contribution in [-0.2, 0) is 6.42 Å². The average molecular weight is 203 g/mol. The van der Waals surface area contributed by atoms with Crippen molar-refractivity contribution in [3.05, 3.63) is 36.1 Å². The topological polar surface area (TPSA) is 39.2 Å². The predicted molar refractivity (Wildman–Crippen MR) is 62.7 cm³/mol. The van der Waals surface area contributed by atoms with E-state index in [1.54, 1.807) is 0 Å². The SMILES string of the molecule is CC(C)C(N)Cc1coc2ccccc12. The van der Waals surface area contributed by atoms with Crippen molar-refractivity contribution in [2.45, 2.75) is 26.3 Å². The Morgan fingerprint density at radius 3 is 2.73 bits per heavy atom. The van der Waals surface area contributed by atoms with Gasteiger partial charge in [-0.2, -0.15) is 0 Å². The Kier molecular flexibility index (Phi) is 2.78. The molecular formula is C13H17NO. The molecular weight excluding hydrogens is 186 g/mol. The van der Waals surface area contributed by atoms with Crippen LogP contribution in [0.4, 0.5) is 0 Å². The van der Waals surface area contributed by atoms with Gasteiger partial charge in [0.15, 0.2) is 0 Å². The number of fused-ring (bicyclic) bond motifs is 1. The van der Waals surface area contributed by atoms with Gasteiger partial charge in [-0.3, -0.25) is 0 Å². The van der Waals surface area contributed by atoms with Crippen LogP contribution in [0.5, 0.6) is 0 Å². The second-order valence-electron chi connectivity index (χ2n) is 4.37. The number of hydrogen-bond acceptors (Lipinski definition) is 2. The summed E-state index contributed by atoms with van der Waals surface area (Å²) in [6.45, 7) is 4.29. The Labute approximate surface area is 90.1 Å². The lowest BCUT2D eigenvalue weighted by atomic mass is 9.97. The fourth-order valence-electron chi connectivity index (χ4n) is 1.68. The fraction of sp³-hybridized carbons (Fsp3) is 0.385. The van der Waals surface area contributed by atoms with Crippen molar-refractivity contribution < 1.29 is 4.42 Å². The Morgan fingerprint density at radius 2 is 2.00 bits per heavy atom. The van der Waals surface area contributed by atoms with Crippen molar-refractivity contribution in [3.63, 3.8) is 0 Å². The smallest absolute Gasteiger partial charge is 0.134 e. The Morgan fingerprint density at radius 1 is 1.27 bits per heavy atom. The van der Waals surface area contributed by atoms with Gasteiger partial charge in [0.25, 0.3) is 0 Å². The van der Waals surface area contributed by atoms with E-state index in [-0.39, 0.29) is 6.04 Å². The van der Waals surface area contributed by atoms with Crippen LogP contribution >= 0.6 is 0 Å². The maximum Gasteiger partial charge on any atom is 0.134 e. The van der Waals surface area contributed by atoms with Crippen molar-refractivity contribution in [3.8, 4) is 0 Å². The molecule has 1 heterocycles. The lowest BCUT2D eigenvalue weighted by Gasteiger charge is -2.14. The van der Waals surface area contributed by atoms with E-state index >= 15 is 0 Å². The second-order valence-corrected chi connectivity index (χ2v) is 4.37. The van der Waals surface area contributed by atoms with Crippen molar-refractivity contribution in [2.24, 2.45) is 11.7 Å². The van der Waals surface area contributed by atoms with Crippen molar-refractivity contribution in [2.75, 3.05) is 0 Å². The zero-order valence-electron chi connectivity index (χ0n) is 9.23. The number of benzene rings is 1. The van der Waals surface area contributed by atoms with Crippen LogP contribution in [0.15, 0.2) is 34.9 Å². The maximum absolute atomic E-state index is 6.06. The van der Waals surface area contributed by atoms with E-state index in [0.717, 1.165) is 12.0 Å². The molecule has 0 aliphatic carbocycles. The minimum Gasteiger partial charge on any atom is -0.464 e. The molecule has 0 radical (unpaired) electrons.